The summed E-state index contributed by atoms with van der Waals surface area (Å²) in [5.74, 6) is 0.812. The van der Waals surface area contributed by atoms with E-state index in [0.29, 0.717) is 35.6 Å². The summed E-state index contributed by atoms with van der Waals surface area (Å²) in [7, 11) is 0. The Kier molecular flexibility index (Phi) is 4.16. The first-order chi connectivity index (χ1) is 12.6. The minimum atomic E-state index is -0.251. The number of aryl methyl sites for hydroxylation is 1. The molecular weight excluding hydrogens is 330 g/mol. The van der Waals surface area contributed by atoms with Gasteiger partial charge in [-0.1, -0.05) is 12.1 Å². The van der Waals surface area contributed by atoms with Gasteiger partial charge >= 0.3 is 0 Å². The van der Waals surface area contributed by atoms with Crippen molar-refractivity contribution in [3.63, 3.8) is 0 Å². The van der Waals surface area contributed by atoms with Crippen molar-refractivity contribution >= 4 is 28.6 Å². The van der Waals surface area contributed by atoms with Crippen LogP contribution in [0.3, 0.4) is 0 Å². The fourth-order valence-electron chi connectivity index (χ4n) is 3.34. The van der Waals surface area contributed by atoms with Crippen LogP contribution in [-0.2, 0) is 4.79 Å². The maximum atomic E-state index is 13.1. The first kappa shape index (κ1) is 16.3. The number of aromatic nitrogens is 2. The van der Waals surface area contributed by atoms with Crippen LogP contribution in [0.4, 0.5) is 0 Å². The molecule has 1 aromatic carbocycles. The molecule has 26 heavy (non-hydrogen) atoms. The lowest BCUT2D eigenvalue weighted by atomic mass is 10.2. The molecule has 0 saturated carbocycles. The van der Waals surface area contributed by atoms with Crippen molar-refractivity contribution in [3.05, 3.63) is 64.6 Å². The quantitative estimate of drug-likeness (QED) is 0.682. The molecule has 0 spiro atoms. The van der Waals surface area contributed by atoms with Crippen molar-refractivity contribution in [2.45, 2.75) is 19.8 Å². The summed E-state index contributed by atoms with van der Waals surface area (Å²) in [5.41, 5.74) is 0.637. The highest BCUT2D eigenvalue weighted by atomic mass is 16.3. The molecule has 4 rings (SSSR count). The van der Waals surface area contributed by atoms with Gasteiger partial charge in [0.05, 0.1) is 17.2 Å². The van der Waals surface area contributed by atoms with E-state index in [2.05, 4.69) is 4.98 Å². The minimum absolute atomic E-state index is 0.179. The van der Waals surface area contributed by atoms with Crippen molar-refractivity contribution in [2.75, 3.05) is 13.1 Å². The number of carbonyl (C=O) groups is 1. The average molecular weight is 349 g/mol. The van der Waals surface area contributed by atoms with E-state index in [1.807, 2.05) is 6.07 Å². The predicted molar refractivity (Wildman–Crippen MR) is 99.4 cm³/mol. The van der Waals surface area contributed by atoms with Crippen LogP contribution in [0.15, 0.2) is 51.9 Å². The molecule has 0 aliphatic carbocycles. The summed E-state index contributed by atoms with van der Waals surface area (Å²) in [6.07, 6.45) is 5.11. The van der Waals surface area contributed by atoms with Crippen LogP contribution in [0.5, 0.6) is 0 Å². The van der Waals surface area contributed by atoms with E-state index in [-0.39, 0.29) is 17.2 Å². The second-order valence-electron chi connectivity index (χ2n) is 6.36. The highest BCUT2D eigenvalue weighted by molar-refractivity contribution is 6.18. The number of hydrogen-bond acceptors (Lipinski definition) is 4. The standard InChI is InChI=1S/C20H19N3O3/c1-14-21-17-9-3-2-8-16(17)19(24)23(14)18(13-15-7-6-12-26-15)20(25)22-10-4-5-11-22/h2-3,6-9,12-13H,4-5,10-11H2,1H3/b18-13+. The Labute approximate surface area is 150 Å². The van der Waals surface area contributed by atoms with Crippen LogP contribution in [0, 0.1) is 6.92 Å². The Morgan fingerprint density at radius 1 is 1.15 bits per heavy atom. The first-order valence-electron chi connectivity index (χ1n) is 8.68. The summed E-state index contributed by atoms with van der Waals surface area (Å²) in [5, 5.41) is 0.484. The normalized spacial score (nSPS) is 15.0. The molecule has 1 aliphatic heterocycles. The molecule has 2 aromatic heterocycles. The van der Waals surface area contributed by atoms with Crippen LogP contribution in [0.25, 0.3) is 22.7 Å². The maximum absolute atomic E-state index is 13.1. The molecule has 6 heteroatoms. The van der Waals surface area contributed by atoms with Gasteiger partial charge in [0.15, 0.2) is 0 Å². The van der Waals surface area contributed by atoms with E-state index in [1.54, 1.807) is 48.2 Å². The number of benzene rings is 1. The lowest BCUT2D eigenvalue weighted by Gasteiger charge is -2.20. The largest absolute Gasteiger partial charge is 0.465 e. The molecule has 132 valence electrons. The summed E-state index contributed by atoms with van der Waals surface area (Å²) in [6, 6.07) is 10.7. The fraction of sp³-hybridized carbons (Fsp3) is 0.250. The van der Waals surface area contributed by atoms with E-state index >= 15 is 0 Å². The Bertz CT molecular complexity index is 1040. The number of amides is 1. The third kappa shape index (κ3) is 2.83. The molecule has 0 radical (unpaired) electrons. The van der Waals surface area contributed by atoms with Gasteiger partial charge in [-0.15, -0.1) is 0 Å². The molecule has 1 saturated heterocycles. The number of carbonyl (C=O) groups excluding carboxylic acids is 1. The van der Waals surface area contributed by atoms with Gasteiger partial charge in [-0.3, -0.25) is 14.2 Å². The molecule has 0 atom stereocenters. The third-order valence-electron chi connectivity index (χ3n) is 4.62. The monoisotopic (exact) mass is 349 g/mol. The molecule has 0 bridgehead atoms. The van der Waals surface area contributed by atoms with E-state index in [4.69, 9.17) is 4.42 Å². The van der Waals surface area contributed by atoms with Gasteiger partial charge < -0.3 is 9.32 Å². The Morgan fingerprint density at radius 3 is 2.65 bits per heavy atom. The van der Waals surface area contributed by atoms with E-state index in [9.17, 15) is 9.59 Å². The van der Waals surface area contributed by atoms with E-state index in [1.165, 1.54) is 10.8 Å². The second-order valence-corrected chi connectivity index (χ2v) is 6.36. The van der Waals surface area contributed by atoms with Gasteiger partial charge in [0.1, 0.15) is 17.3 Å². The van der Waals surface area contributed by atoms with Crippen molar-refractivity contribution in [2.24, 2.45) is 0 Å². The van der Waals surface area contributed by atoms with E-state index in [0.717, 1.165) is 12.8 Å². The SMILES string of the molecule is Cc1nc2ccccc2c(=O)n1/C(=C/c1ccco1)C(=O)N1CCCC1. The van der Waals surface area contributed by atoms with Crippen LogP contribution in [0.2, 0.25) is 0 Å². The Morgan fingerprint density at radius 2 is 1.92 bits per heavy atom. The average Bonchev–Trinajstić information content (AvgIpc) is 3.34. The fourth-order valence-corrected chi connectivity index (χ4v) is 3.34. The zero-order valence-electron chi connectivity index (χ0n) is 14.5. The van der Waals surface area contributed by atoms with Crippen molar-refractivity contribution < 1.29 is 9.21 Å². The van der Waals surface area contributed by atoms with Crippen LogP contribution < -0.4 is 5.56 Å². The maximum Gasteiger partial charge on any atom is 0.271 e. The van der Waals surface area contributed by atoms with Gasteiger partial charge in [-0.05, 0) is 44.0 Å². The number of para-hydroxylation sites is 1. The number of hydrogen-bond donors (Lipinski definition) is 0. The highest BCUT2D eigenvalue weighted by Crippen LogP contribution is 2.20. The predicted octanol–water partition coefficient (Wildman–Crippen LogP) is 2.92. The number of rotatable bonds is 3. The molecule has 3 aromatic rings. The zero-order valence-corrected chi connectivity index (χ0v) is 14.5. The lowest BCUT2D eigenvalue weighted by molar-refractivity contribution is -0.124. The van der Waals surface area contributed by atoms with Crippen LogP contribution >= 0.6 is 0 Å². The van der Waals surface area contributed by atoms with Gasteiger partial charge in [0.2, 0.25) is 0 Å². The zero-order chi connectivity index (χ0) is 18.1. The molecule has 0 unspecified atom stereocenters. The van der Waals surface area contributed by atoms with Crippen molar-refractivity contribution in [3.8, 4) is 0 Å². The topological polar surface area (TPSA) is 68.3 Å². The second kappa shape index (κ2) is 6.63. The molecule has 1 fully saturated rings. The van der Waals surface area contributed by atoms with Gasteiger partial charge in [-0.25, -0.2) is 4.98 Å². The number of likely N-dealkylation sites (tertiary alicyclic amines) is 1. The Hall–Kier alpha value is -3.15. The number of nitrogens with zero attached hydrogens (tertiary/aromatic N) is 3. The molecule has 1 amide bonds. The minimum Gasteiger partial charge on any atom is -0.465 e. The molecular formula is C20H19N3O3. The van der Waals surface area contributed by atoms with Crippen LogP contribution in [0.1, 0.15) is 24.4 Å². The van der Waals surface area contributed by atoms with E-state index < -0.39 is 0 Å². The number of furan rings is 1. The first-order valence-corrected chi connectivity index (χ1v) is 8.68. The molecule has 1 aliphatic rings. The summed E-state index contributed by atoms with van der Waals surface area (Å²) >= 11 is 0. The van der Waals surface area contributed by atoms with Crippen LogP contribution in [-0.4, -0.2) is 33.4 Å². The number of fused-ring (bicyclic) bond motifs is 1. The summed E-state index contributed by atoms with van der Waals surface area (Å²) in [6.45, 7) is 3.13. The van der Waals surface area contributed by atoms with Gasteiger partial charge in [-0.2, -0.15) is 0 Å². The molecule has 3 heterocycles. The molecule has 6 nitrogen and oxygen atoms in total. The smallest absolute Gasteiger partial charge is 0.271 e. The lowest BCUT2D eigenvalue weighted by Crippen LogP contribution is -2.34. The summed E-state index contributed by atoms with van der Waals surface area (Å²) in [4.78, 5) is 32.6. The van der Waals surface area contributed by atoms with Crippen molar-refractivity contribution in [1.82, 2.24) is 14.5 Å². The van der Waals surface area contributed by atoms with Crippen molar-refractivity contribution in [1.29, 1.82) is 0 Å². The molecule has 0 N–H and O–H groups in total. The summed E-state index contributed by atoms with van der Waals surface area (Å²) < 4.78 is 6.78. The highest BCUT2D eigenvalue weighted by Gasteiger charge is 2.25. The van der Waals surface area contributed by atoms with Gasteiger partial charge in [0.25, 0.3) is 11.5 Å². The Balaban J connectivity index is 1.93. The third-order valence-corrected chi connectivity index (χ3v) is 4.62. The van der Waals surface area contributed by atoms with Gasteiger partial charge in [0, 0.05) is 19.2 Å².